The number of hydrogen-bond donors (Lipinski definition) is 1. The Kier molecular flexibility index (Phi) is 4.91. The van der Waals surface area contributed by atoms with E-state index >= 15 is 0 Å². The topological polar surface area (TPSA) is 35.2 Å². The molecule has 2 N–H and O–H groups in total. The molecule has 0 saturated heterocycles. The van der Waals surface area contributed by atoms with Gasteiger partial charge in [0, 0.05) is 10.5 Å². The highest BCUT2D eigenvalue weighted by Crippen LogP contribution is 2.40. The van der Waals surface area contributed by atoms with Crippen molar-refractivity contribution >= 4 is 15.9 Å². The zero-order chi connectivity index (χ0) is 14.0. The first-order valence-corrected chi connectivity index (χ1v) is 7.89. The number of halogens is 1. The van der Waals surface area contributed by atoms with Crippen molar-refractivity contribution in [2.45, 2.75) is 39.2 Å². The molecule has 106 valence electrons. The lowest BCUT2D eigenvalue weighted by Crippen LogP contribution is -2.29. The van der Waals surface area contributed by atoms with Gasteiger partial charge in [-0.15, -0.1) is 0 Å². The van der Waals surface area contributed by atoms with Crippen LogP contribution >= 0.6 is 15.9 Å². The van der Waals surface area contributed by atoms with Crippen LogP contribution in [0.3, 0.4) is 0 Å². The van der Waals surface area contributed by atoms with Crippen molar-refractivity contribution in [2.24, 2.45) is 23.5 Å². The smallest absolute Gasteiger partial charge is 0.119 e. The Hall–Kier alpha value is -0.540. The molecule has 0 aromatic heterocycles. The van der Waals surface area contributed by atoms with Crippen LogP contribution in [0.25, 0.3) is 0 Å². The first kappa shape index (κ1) is 14.9. The maximum absolute atomic E-state index is 6.53. The summed E-state index contributed by atoms with van der Waals surface area (Å²) >= 11 is 3.62. The van der Waals surface area contributed by atoms with E-state index in [1.54, 1.807) is 7.11 Å². The third kappa shape index (κ3) is 3.51. The minimum absolute atomic E-state index is 0.0923. The molecule has 0 aliphatic heterocycles. The fourth-order valence-electron chi connectivity index (χ4n) is 3.46. The summed E-state index contributed by atoms with van der Waals surface area (Å²) < 4.78 is 6.40. The molecule has 1 saturated carbocycles. The summed E-state index contributed by atoms with van der Waals surface area (Å²) in [6, 6.07) is 6.16. The summed E-state index contributed by atoms with van der Waals surface area (Å²) in [5, 5.41) is 0. The van der Waals surface area contributed by atoms with E-state index in [0.29, 0.717) is 5.92 Å². The Labute approximate surface area is 124 Å². The van der Waals surface area contributed by atoms with Crippen molar-refractivity contribution in [3.8, 4) is 5.75 Å². The molecule has 0 heterocycles. The number of ether oxygens (including phenoxy) is 1. The van der Waals surface area contributed by atoms with Gasteiger partial charge in [-0.05, 0) is 60.8 Å². The molecule has 2 nitrogen and oxygen atoms in total. The first-order valence-electron chi connectivity index (χ1n) is 7.10. The van der Waals surface area contributed by atoms with Crippen LogP contribution in [0, 0.1) is 17.8 Å². The van der Waals surface area contributed by atoms with Gasteiger partial charge >= 0.3 is 0 Å². The van der Waals surface area contributed by atoms with Crippen molar-refractivity contribution in [1.82, 2.24) is 0 Å². The van der Waals surface area contributed by atoms with E-state index in [2.05, 4.69) is 35.8 Å². The second-order valence-electron chi connectivity index (χ2n) is 6.09. The van der Waals surface area contributed by atoms with Crippen molar-refractivity contribution in [2.75, 3.05) is 7.11 Å². The molecule has 3 atom stereocenters. The standard InChI is InChI=1S/C16H24BrNO/c1-10-6-11(2)8-12(7-10)16(18)14-9-13(19-3)4-5-15(14)17/h4-5,9-12,16H,6-8,18H2,1-3H3. The molecule has 0 radical (unpaired) electrons. The maximum atomic E-state index is 6.53. The normalized spacial score (nSPS) is 29.0. The van der Waals surface area contributed by atoms with Gasteiger partial charge in [0.2, 0.25) is 0 Å². The minimum Gasteiger partial charge on any atom is -0.497 e. The van der Waals surface area contributed by atoms with E-state index in [0.717, 1.165) is 22.1 Å². The number of nitrogens with two attached hydrogens (primary N) is 1. The van der Waals surface area contributed by atoms with Crippen molar-refractivity contribution in [1.29, 1.82) is 0 Å². The molecule has 1 fully saturated rings. The Morgan fingerprint density at radius 2 is 1.84 bits per heavy atom. The summed E-state index contributed by atoms with van der Waals surface area (Å²) in [6.07, 6.45) is 3.80. The maximum Gasteiger partial charge on any atom is 0.119 e. The second-order valence-corrected chi connectivity index (χ2v) is 6.95. The van der Waals surface area contributed by atoms with E-state index in [1.165, 1.54) is 24.8 Å². The summed E-state index contributed by atoms with van der Waals surface area (Å²) in [7, 11) is 1.70. The molecule has 19 heavy (non-hydrogen) atoms. The van der Waals surface area contributed by atoms with Crippen LogP contribution in [0.1, 0.15) is 44.7 Å². The zero-order valence-electron chi connectivity index (χ0n) is 12.0. The van der Waals surface area contributed by atoms with Crippen molar-refractivity contribution in [3.63, 3.8) is 0 Å². The molecule has 1 aromatic rings. The highest BCUT2D eigenvalue weighted by molar-refractivity contribution is 9.10. The predicted molar refractivity (Wildman–Crippen MR) is 83.3 cm³/mol. The number of benzene rings is 1. The Morgan fingerprint density at radius 3 is 2.42 bits per heavy atom. The molecule has 1 aliphatic rings. The average molecular weight is 326 g/mol. The minimum atomic E-state index is 0.0923. The van der Waals surface area contributed by atoms with E-state index in [4.69, 9.17) is 10.5 Å². The summed E-state index contributed by atoms with van der Waals surface area (Å²) in [5.41, 5.74) is 7.70. The van der Waals surface area contributed by atoms with Gasteiger partial charge in [0.15, 0.2) is 0 Å². The Balaban J connectivity index is 2.20. The van der Waals surface area contributed by atoms with Gasteiger partial charge in [-0.25, -0.2) is 0 Å². The van der Waals surface area contributed by atoms with E-state index in [-0.39, 0.29) is 6.04 Å². The van der Waals surface area contributed by atoms with Crippen LogP contribution in [0.15, 0.2) is 22.7 Å². The fourth-order valence-corrected chi connectivity index (χ4v) is 3.97. The monoisotopic (exact) mass is 325 g/mol. The van der Waals surface area contributed by atoms with Crippen LogP contribution < -0.4 is 10.5 Å². The molecule has 1 aliphatic carbocycles. The first-order chi connectivity index (χ1) is 9.01. The van der Waals surface area contributed by atoms with Crippen molar-refractivity contribution in [3.05, 3.63) is 28.2 Å². The van der Waals surface area contributed by atoms with Gasteiger partial charge in [-0.3, -0.25) is 0 Å². The van der Waals surface area contributed by atoms with Crippen LogP contribution in [-0.2, 0) is 0 Å². The van der Waals surface area contributed by atoms with E-state index in [9.17, 15) is 0 Å². The van der Waals surface area contributed by atoms with Gasteiger partial charge in [-0.1, -0.05) is 29.8 Å². The molecule has 0 bridgehead atoms. The largest absolute Gasteiger partial charge is 0.497 e. The molecule has 0 spiro atoms. The third-order valence-corrected chi connectivity index (χ3v) is 5.01. The highest BCUT2D eigenvalue weighted by Gasteiger charge is 2.29. The van der Waals surface area contributed by atoms with Gasteiger partial charge in [0.25, 0.3) is 0 Å². The number of rotatable bonds is 3. The summed E-state index contributed by atoms with van der Waals surface area (Å²) in [6.45, 7) is 4.69. The molecular formula is C16H24BrNO. The Morgan fingerprint density at radius 1 is 1.21 bits per heavy atom. The molecule has 1 aromatic carbocycles. The van der Waals surface area contributed by atoms with E-state index < -0.39 is 0 Å². The Bertz CT molecular complexity index is 425. The quantitative estimate of drug-likeness (QED) is 0.886. The molecule has 3 unspecified atom stereocenters. The zero-order valence-corrected chi connectivity index (χ0v) is 13.6. The predicted octanol–water partition coefficient (Wildman–Crippen LogP) is 4.53. The molecular weight excluding hydrogens is 302 g/mol. The van der Waals surface area contributed by atoms with Crippen LogP contribution in [0.2, 0.25) is 0 Å². The number of hydrogen-bond acceptors (Lipinski definition) is 2. The van der Waals surface area contributed by atoms with Gasteiger partial charge in [0.05, 0.1) is 7.11 Å². The lowest BCUT2D eigenvalue weighted by atomic mass is 9.72. The molecule has 0 amide bonds. The van der Waals surface area contributed by atoms with Crippen LogP contribution in [0.4, 0.5) is 0 Å². The second kappa shape index (κ2) is 6.27. The van der Waals surface area contributed by atoms with Gasteiger partial charge < -0.3 is 10.5 Å². The highest BCUT2D eigenvalue weighted by atomic mass is 79.9. The SMILES string of the molecule is COc1ccc(Br)c(C(N)C2CC(C)CC(C)C2)c1. The number of methoxy groups -OCH3 is 1. The fraction of sp³-hybridized carbons (Fsp3) is 0.625. The lowest BCUT2D eigenvalue weighted by Gasteiger charge is -2.35. The van der Waals surface area contributed by atoms with Crippen LogP contribution in [-0.4, -0.2) is 7.11 Å². The third-order valence-electron chi connectivity index (χ3n) is 4.29. The van der Waals surface area contributed by atoms with Crippen molar-refractivity contribution < 1.29 is 4.74 Å². The van der Waals surface area contributed by atoms with Crippen LogP contribution in [0.5, 0.6) is 5.75 Å². The lowest BCUT2D eigenvalue weighted by molar-refractivity contribution is 0.193. The van der Waals surface area contributed by atoms with Gasteiger partial charge in [0.1, 0.15) is 5.75 Å². The molecule has 3 heteroatoms. The summed E-state index contributed by atoms with van der Waals surface area (Å²) in [4.78, 5) is 0. The van der Waals surface area contributed by atoms with Gasteiger partial charge in [-0.2, -0.15) is 0 Å². The van der Waals surface area contributed by atoms with E-state index in [1.807, 2.05) is 12.1 Å². The summed E-state index contributed by atoms with van der Waals surface area (Å²) in [5.74, 6) is 3.01. The molecule has 2 rings (SSSR count). The average Bonchev–Trinajstić information content (AvgIpc) is 2.37.